The number of piperazine rings is 1. The van der Waals surface area contributed by atoms with Gasteiger partial charge in [0.05, 0.1) is 0 Å². The molecule has 1 aliphatic heterocycles. The van der Waals surface area contributed by atoms with E-state index in [1.54, 1.807) is 6.07 Å². The third-order valence-electron chi connectivity index (χ3n) is 3.72. The van der Waals surface area contributed by atoms with E-state index < -0.39 is 0 Å². The lowest BCUT2D eigenvalue weighted by atomic mass is 10.2. The Morgan fingerprint density at radius 3 is 2.62 bits per heavy atom. The number of likely N-dealkylation sites (N-methyl/N-ethyl adjacent to an activating group) is 1. The van der Waals surface area contributed by atoms with Crippen molar-refractivity contribution in [3.8, 4) is 11.3 Å². The summed E-state index contributed by atoms with van der Waals surface area (Å²) in [6.07, 6.45) is 0. The quantitative estimate of drug-likeness (QED) is 0.856. The lowest BCUT2D eigenvalue weighted by Gasteiger charge is -2.31. The zero-order valence-corrected chi connectivity index (χ0v) is 12.6. The van der Waals surface area contributed by atoms with Gasteiger partial charge in [0.1, 0.15) is 5.76 Å². The van der Waals surface area contributed by atoms with Gasteiger partial charge in [-0.05, 0) is 31.3 Å². The minimum Gasteiger partial charge on any atom is -0.451 e. The predicted molar refractivity (Wildman–Crippen MR) is 82.6 cm³/mol. The van der Waals surface area contributed by atoms with E-state index in [0.717, 1.165) is 31.7 Å². The van der Waals surface area contributed by atoms with Crippen molar-refractivity contribution in [2.75, 3.05) is 33.2 Å². The van der Waals surface area contributed by atoms with Crippen molar-refractivity contribution in [2.45, 2.75) is 0 Å². The summed E-state index contributed by atoms with van der Waals surface area (Å²) in [4.78, 5) is 16.5. The summed E-state index contributed by atoms with van der Waals surface area (Å²) < 4.78 is 5.70. The summed E-state index contributed by atoms with van der Waals surface area (Å²) in [5.41, 5.74) is 0.875. The molecule has 5 heteroatoms. The topological polar surface area (TPSA) is 36.7 Å². The third-order valence-corrected chi connectivity index (χ3v) is 3.95. The van der Waals surface area contributed by atoms with Gasteiger partial charge in [0.15, 0.2) is 5.76 Å². The Morgan fingerprint density at radius 2 is 1.90 bits per heavy atom. The number of nitrogens with zero attached hydrogens (tertiary/aromatic N) is 2. The SMILES string of the molecule is CN1CCN(C(=O)c2ccc(-c3cccc(Cl)c3)o2)CC1. The molecule has 2 aromatic rings. The highest BCUT2D eigenvalue weighted by Crippen LogP contribution is 2.25. The first-order chi connectivity index (χ1) is 10.1. The molecule has 1 saturated heterocycles. The third kappa shape index (κ3) is 3.12. The van der Waals surface area contributed by atoms with Crippen LogP contribution in [-0.2, 0) is 0 Å². The molecule has 0 atom stereocenters. The number of carbonyl (C=O) groups is 1. The number of carbonyl (C=O) groups excluding carboxylic acids is 1. The first kappa shape index (κ1) is 14.2. The van der Waals surface area contributed by atoms with E-state index in [9.17, 15) is 4.79 Å². The van der Waals surface area contributed by atoms with E-state index in [1.165, 1.54) is 0 Å². The van der Waals surface area contributed by atoms with Gasteiger partial charge >= 0.3 is 0 Å². The molecule has 1 aliphatic rings. The van der Waals surface area contributed by atoms with Crippen molar-refractivity contribution in [2.24, 2.45) is 0 Å². The second-order valence-electron chi connectivity index (χ2n) is 5.27. The van der Waals surface area contributed by atoms with Crippen LogP contribution in [0.4, 0.5) is 0 Å². The van der Waals surface area contributed by atoms with Gasteiger partial charge in [-0.1, -0.05) is 23.7 Å². The summed E-state index contributed by atoms with van der Waals surface area (Å²) in [5, 5.41) is 0.649. The summed E-state index contributed by atoms with van der Waals surface area (Å²) in [7, 11) is 2.06. The molecule has 21 heavy (non-hydrogen) atoms. The molecule has 0 aliphatic carbocycles. The van der Waals surface area contributed by atoms with Gasteiger partial charge in [0.25, 0.3) is 5.91 Å². The van der Waals surface area contributed by atoms with Crippen molar-refractivity contribution in [3.63, 3.8) is 0 Å². The zero-order chi connectivity index (χ0) is 14.8. The van der Waals surface area contributed by atoms with E-state index >= 15 is 0 Å². The fraction of sp³-hybridized carbons (Fsp3) is 0.312. The zero-order valence-electron chi connectivity index (χ0n) is 11.9. The summed E-state index contributed by atoms with van der Waals surface area (Å²) in [6.45, 7) is 3.27. The van der Waals surface area contributed by atoms with E-state index in [1.807, 2.05) is 35.2 Å². The largest absolute Gasteiger partial charge is 0.451 e. The van der Waals surface area contributed by atoms with E-state index in [0.29, 0.717) is 16.5 Å². The molecular formula is C16H17ClN2O2. The highest BCUT2D eigenvalue weighted by atomic mass is 35.5. The van der Waals surface area contributed by atoms with Crippen LogP contribution < -0.4 is 0 Å². The summed E-state index contributed by atoms with van der Waals surface area (Å²) in [6, 6.07) is 11.0. The highest BCUT2D eigenvalue weighted by Gasteiger charge is 2.23. The molecule has 1 amide bonds. The monoisotopic (exact) mass is 304 g/mol. The lowest BCUT2D eigenvalue weighted by Crippen LogP contribution is -2.47. The second-order valence-corrected chi connectivity index (χ2v) is 5.71. The molecule has 0 bridgehead atoms. The summed E-state index contributed by atoms with van der Waals surface area (Å²) >= 11 is 5.98. The predicted octanol–water partition coefficient (Wildman–Crippen LogP) is 2.99. The van der Waals surface area contributed by atoms with Crippen molar-refractivity contribution >= 4 is 17.5 Å². The second kappa shape index (κ2) is 5.92. The van der Waals surface area contributed by atoms with Gasteiger partial charge in [0, 0.05) is 36.8 Å². The number of hydrogen-bond acceptors (Lipinski definition) is 3. The van der Waals surface area contributed by atoms with Crippen LogP contribution in [0.2, 0.25) is 5.02 Å². The molecule has 1 aromatic heterocycles. The molecular weight excluding hydrogens is 288 g/mol. The van der Waals surface area contributed by atoms with Crippen LogP contribution in [0, 0.1) is 0 Å². The fourth-order valence-electron chi connectivity index (χ4n) is 2.42. The van der Waals surface area contributed by atoms with Crippen LogP contribution >= 0.6 is 11.6 Å². The number of halogens is 1. The van der Waals surface area contributed by atoms with E-state index in [-0.39, 0.29) is 5.91 Å². The number of hydrogen-bond donors (Lipinski definition) is 0. The molecule has 1 fully saturated rings. The number of furan rings is 1. The number of amides is 1. The van der Waals surface area contributed by atoms with Crippen LogP contribution in [0.5, 0.6) is 0 Å². The van der Waals surface area contributed by atoms with Gasteiger partial charge in [-0.3, -0.25) is 4.79 Å². The van der Waals surface area contributed by atoms with E-state index in [4.69, 9.17) is 16.0 Å². The van der Waals surface area contributed by atoms with Gasteiger partial charge < -0.3 is 14.2 Å². The molecule has 0 radical (unpaired) electrons. The Kier molecular flexibility index (Phi) is 3.99. The van der Waals surface area contributed by atoms with Crippen LogP contribution in [0.3, 0.4) is 0 Å². The lowest BCUT2D eigenvalue weighted by molar-refractivity contribution is 0.0633. The van der Waals surface area contributed by atoms with Crippen LogP contribution in [0.25, 0.3) is 11.3 Å². The van der Waals surface area contributed by atoms with Crippen molar-refractivity contribution < 1.29 is 9.21 Å². The van der Waals surface area contributed by atoms with E-state index in [2.05, 4.69) is 11.9 Å². The Labute approximate surface area is 128 Å². The Morgan fingerprint density at radius 1 is 1.14 bits per heavy atom. The fourth-order valence-corrected chi connectivity index (χ4v) is 2.61. The van der Waals surface area contributed by atoms with Crippen molar-refractivity contribution in [1.82, 2.24) is 9.80 Å². The maximum Gasteiger partial charge on any atom is 0.289 e. The molecule has 3 rings (SSSR count). The average Bonchev–Trinajstić information content (AvgIpc) is 2.97. The van der Waals surface area contributed by atoms with Gasteiger partial charge in [0.2, 0.25) is 0 Å². The van der Waals surface area contributed by atoms with Crippen molar-refractivity contribution in [1.29, 1.82) is 0 Å². The molecule has 0 N–H and O–H groups in total. The Balaban J connectivity index is 1.77. The van der Waals surface area contributed by atoms with Crippen LogP contribution in [-0.4, -0.2) is 48.9 Å². The molecule has 2 heterocycles. The first-order valence-corrected chi connectivity index (χ1v) is 7.35. The normalized spacial score (nSPS) is 16.2. The van der Waals surface area contributed by atoms with Crippen molar-refractivity contribution in [3.05, 3.63) is 47.2 Å². The number of benzene rings is 1. The minimum atomic E-state index is -0.0450. The first-order valence-electron chi connectivity index (χ1n) is 6.97. The maximum absolute atomic E-state index is 12.4. The smallest absolute Gasteiger partial charge is 0.289 e. The van der Waals surface area contributed by atoms with Gasteiger partial charge in [-0.2, -0.15) is 0 Å². The molecule has 4 nitrogen and oxygen atoms in total. The Bertz CT molecular complexity index is 645. The standard InChI is InChI=1S/C16H17ClN2O2/c1-18-7-9-19(10-8-18)16(20)15-6-5-14(21-15)12-3-2-4-13(17)11-12/h2-6,11H,7-10H2,1H3. The number of rotatable bonds is 2. The highest BCUT2D eigenvalue weighted by molar-refractivity contribution is 6.30. The Hall–Kier alpha value is -1.78. The summed E-state index contributed by atoms with van der Waals surface area (Å²) in [5.74, 6) is 1.00. The molecule has 1 aromatic carbocycles. The average molecular weight is 305 g/mol. The minimum absolute atomic E-state index is 0.0450. The molecule has 0 spiro atoms. The van der Waals surface area contributed by atoms with Gasteiger partial charge in [-0.25, -0.2) is 0 Å². The van der Waals surface area contributed by atoms with Gasteiger partial charge in [-0.15, -0.1) is 0 Å². The molecule has 0 saturated carbocycles. The van der Waals surface area contributed by atoms with Crippen LogP contribution in [0.15, 0.2) is 40.8 Å². The van der Waals surface area contributed by atoms with Crippen LogP contribution in [0.1, 0.15) is 10.6 Å². The molecule has 0 unspecified atom stereocenters. The molecule has 110 valence electrons. The maximum atomic E-state index is 12.4.